The molecule has 27 heavy (non-hydrogen) atoms. The molecule has 2 bridgehead atoms. The molecule has 1 heterocycles. The van der Waals surface area contributed by atoms with Gasteiger partial charge in [-0.25, -0.2) is 4.98 Å². The number of carbonyl (C=O) groups is 1. The summed E-state index contributed by atoms with van der Waals surface area (Å²) in [6.45, 7) is 6.16. The summed E-state index contributed by atoms with van der Waals surface area (Å²) < 4.78 is 0. The monoisotopic (exact) mass is 405 g/mol. The highest BCUT2D eigenvalue weighted by atomic mass is 35.5. The van der Waals surface area contributed by atoms with Gasteiger partial charge in [0.1, 0.15) is 5.01 Å². The molecule has 4 nitrogen and oxygen atoms in total. The van der Waals surface area contributed by atoms with E-state index >= 15 is 0 Å². The minimum atomic E-state index is -0.0366. The topological polar surface area (TPSA) is 68.0 Å². The molecule has 1 amide bonds. The summed E-state index contributed by atoms with van der Waals surface area (Å²) in [7, 11) is 0. The van der Waals surface area contributed by atoms with Crippen LogP contribution in [-0.4, -0.2) is 16.9 Å². The maximum Gasteiger partial charge on any atom is 0.225 e. The summed E-state index contributed by atoms with van der Waals surface area (Å²) in [5.74, 6) is 1.14. The Bertz CT molecular complexity index is 817. The summed E-state index contributed by atoms with van der Waals surface area (Å²) in [5, 5.41) is 4.23. The van der Waals surface area contributed by atoms with Gasteiger partial charge in [-0.2, -0.15) is 0 Å². The molecule has 5 unspecified atom stereocenters. The highest BCUT2D eigenvalue weighted by Crippen LogP contribution is 2.47. The number of benzene rings is 1. The summed E-state index contributed by atoms with van der Waals surface area (Å²) in [6, 6.07) is 8.42. The highest BCUT2D eigenvalue weighted by Gasteiger charge is 2.49. The first-order chi connectivity index (χ1) is 12.4. The maximum atomic E-state index is 12.8. The Morgan fingerprint density at radius 1 is 1.22 bits per heavy atom. The number of nitrogens with one attached hydrogen (secondary N) is 1. The largest absolute Gasteiger partial charge is 0.348 e. The Hall–Kier alpha value is -1.43. The molecule has 1 aromatic carbocycles. The van der Waals surface area contributed by atoms with Crippen molar-refractivity contribution in [3.05, 3.63) is 40.4 Å². The van der Waals surface area contributed by atoms with Crippen LogP contribution in [-0.2, 0) is 4.79 Å². The fraction of sp³-hybridized carbons (Fsp3) is 0.524. The molecule has 146 valence electrons. The van der Waals surface area contributed by atoms with E-state index in [4.69, 9.17) is 10.7 Å². The van der Waals surface area contributed by atoms with Gasteiger partial charge in [0, 0.05) is 11.6 Å². The molecule has 0 aliphatic heterocycles. The van der Waals surface area contributed by atoms with Crippen molar-refractivity contribution in [2.24, 2.45) is 23.5 Å². The van der Waals surface area contributed by atoms with Crippen LogP contribution in [0.25, 0.3) is 10.6 Å². The number of carbonyl (C=O) groups excluding carboxylic acids is 1. The molecule has 6 heteroatoms. The van der Waals surface area contributed by atoms with E-state index in [2.05, 4.69) is 43.4 Å². The molecule has 2 aliphatic carbocycles. The third-order valence-corrected chi connectivity index (χ3v) is 7.56. The number of hydrogen-bond donors (Lipinski definition) is 2. The first-order valence-electron chi connectivity index (χ1n) is 9.54. The number of aryl methyl sites for hydroxylation is 2. The molecule has 0 spiro atoms. The van der Waals surface area contributed by atoms with Crippen LogP contribution in [0.15, 0.2) is 24.3 Å². The predicted octanol–water partition coefficient (Wildman–Crippen LogP) is 4.40. The van der Waals surface area contributed by atoms with Crippen molar-refractivity contribution in [3.63, 3.8) is 0 Å². The van der Waals surface area contributed by atoms with Crippen LogP contribution in [0.1, 0.15) is 48.4 Å². The first kappa shape index (κ1) is 20.3. The van der Waals surface area contributed by atoms with Crippen LogP contribution < -0.4 is 11.1 Å². The minimum absolute atomic E-state index is 0. The zero-order valence-corrected chi connectivity index (χ0v) is 17.7. The number of fused-ring (bicyclic) bond motifs is 2. The molecule has 5 atom stereocenters. The van der Waals surface area contributed by atoms with E-state index in [0.717, 1.165) is 34.0 Å². The number of nitrogens with two attached hydrogens (primary N) is 1. The standard InChI is InChI=1S/C21H27N3OS.ClH/c1-11-4-6-14(7-5-11)21-24-13(3)19(26-21)12(2)23-20(25)17-15-8-9-16(10-15)18(17)22;/h4-7,12,15-18H,8-10,22H2,1-3H3,(H,23,25);1H. The van der Waals surface area contributed by atoms with E-state index in [1.807, 2.05) is 6.92 Å². The van der Waals surface area contributed by atoms with Gasteiger partial charge in [-0.05, 0) is 51.9 Å². The zero-order valence-electron chi connectivity index (χ0n) is 16.1. The SMILES string of the molecule is Cc1ccc(-c2nc(C)c(C(C)NC(=O)C3C4CCC(C4)C3N)s2)cc1.Cl. The highest BCUT2D eigenvalue weighted by molar-refractivity contribution is 7.15. The molecule has 2 fully saturated rings. The summed E-state index contributed by atoms with van der Waals surface area (Å²) in [6.07, 6.45) is 3.48. The lowest BCUT2D eigenvalue weighted by atomic mass is 9.84. The Balaban J connectivity index is 0.00000210. The van der Waals surface area contributed by atoms with Crippen LogP contribution in [0.2, 0.25) is 0 Å². The van der Waals surface area contributed by atoms with Crippen LogP contribution >= 0.6 is 23.7 Å². The van der Waals surface area contributed by atoms with Crippen molar-refractivity contribution >= 4 is 29.7 Å². The van der Waals surface area contributed by atoms with Crippen LogP contribution in [0.3, 0.4) is 0 Å². The normalized spacial score (nSPS) is 27.3. The molecule has 0 saturated heterocycles. The Morgan fingerprint density at radius 3 is 2.52 bits per heavy atom. The van der Waals surface area contributed by atoms with Crippen molar-refractivity contribution in [1.82, 2.24) is 10.3 Å². The maximum absolute atomic E-state index is 12.8. The lowest BCUT2D eigenvalue weighted by Gasteiger charge is -2.28. The molecule has 2 aliphatic rings. The molecular weight excluding hydrogens is 378 g/mol. The smallest absolute Gasteiger partial charge is 0.225 e. The van der Waals surface area contributed by atoms with Gasteiger partial charge in [-0.15, -0.1) is 23.7 Å². The van der Waals surface area contributed by atoms with E-state index < -0.39 is 0 Å². The molecule has 3 N–H and O–H groups in total. The van der Waals surface area contributed by atoms with Crippen molar-refractivity contribution in [3.8, 4) is 10.6 Å². The lowest BCUT2D eigenvalue weighted by molar-refractivity contribution is -0.127. The van der Waals surface area contributed by atoms with Gasteiger partial charge < -0.3 is 11.1 Å². The average molecular weight is 406 g/mol. The zero-order chi connectivity index (χ0) is 18.4. The van der Waals surface area contributed by atoms with Crippen molar-refractivity contribution in [1.29, 1.82) is 0 Å². The summed E-state index contributed by atoms with van der Waals surface area (Å²) in [4.78, 5) is 18.7. The van der Waals surface area contributed by atoms with E-state index in [9.17, 15) is 4.79 Å². The van der Waals surface area contributed by atoms with Gasteiger partial charge in [0.05, 0.1) is 22.5 Å². The summed E-state index contributed by atoms with van der Waals surface area (Å²) in [5.41, 5.74) is 9.70. The second-order valence-corrected chi connectivity index (χ2v) is 9.03. The molecule has 1 aromatic heterocycles. The van der Waals surface area contributed by atoms with Gasteiger partial charge in [0.2, 0.25) is 5.91 Å². The average Bonchev–Trinajstić information content (AvgIpc) is 3.29. The minimum Gasteiger partial charge on any atom is -0.348 e. The fourth-order valence-corrected chi connectivity index (χ4v) is 5.80. The summed E-state index contributed by atoms with van der Waals surface area (Å²) >= 11 is 1.67. The first-order valence-corrected chi connectivity index (χ1v) is 10.4. The van der Waals surface area contributed by atoms with E-state index in [0.29, 0.717) is 11.8 Å². The van der Waals surface area contributed by atoms with Crippen molar-refractivity contribution in [2.75, 3.05) is 0 Å². The predicted molar refractivity (Wildman–Crippen MR) is 113 cm³/mol. The third kappa shape index (κ3) is 3.78. The number of halogens is 1. The molecule has 2 saturated carbocycles. The second-order valence-electron chi connectivity index (χ2n) is 8.00. The number of amides is 1. The van der Waals surface area contributed by atoms with Crippen LogP contribution in [0, 0.1) is 31.6 Å². The van der Waals surface area contributed by atoms with Crippen molar-refractivity contribution < 1.29 is 4.79 Å². The molecule has 4 rings (SSSR count). The number of hydrogen-bond acceptors (Lipinski definition) is 4. The molecule has 2 aromatic rings. The van der Waals surface area contributed by atoms with Gasteiger partial charge in [-0.3, -0.25) is 4.79 Å². The van der Waals surface area contributed by atoms with E-state index in [-0.39, 0.29) is 36.3 Å². The fourth-order valence-electron chi connectivity index (χ4n) is 4.73. The number of thiazole rings is 1. The van der Waals surface area contributed by atoms with Crippen LogP contribution in [0.5, 0.6) is 0 Å². The molecule has 0 radical (unpaired) electrons. The van der Waals surface area contributed by atoms with E-state index in [1.54, 1.807) is 11.3 Å². The van der Waals surface area contributed by atoms with E-state index in [1.165, 1.54) is 12.0 Å². The Labute approximate surface area is 171 Å². The quantitative estimate of drug-likeness (QED) is 0.792. The Kier molecular flexibility index (Phi) is 5.94. The lowest BCUT2D eigenvalue weighted by Crippen LogP contribution is -2.45. The van der Waals surface area contributed by atoms with Crippen molar-refractivity contribution in [2.45, 2.75) is 52.1 Å². The van der Waals surface area contributed by atoms with Gasteiger partial charge in [0.15, 0.2) is 0 Å². The third-order valence-electron chi connectivity index (χ3n) is 6.17. The van der Waals surface area contributed by atoms with Gasteiger partial charge in [0.25, 0.3) is 0 Å². The van der Waals surface area contributed by atoms with Gasteiger partial charge >= 0.3 is 0 Å². The Morgan fingerprint density at radius 2 is 1.89 bits per heavy atom. The number of aromatic nitrogens is 1. The second kappa shape index (κ2) is 7.90. The number of rotatable bonds is 4. The molecular formula is C21H28ClN3OS. The number of nitrogens with zero attached hydrogens (tertiary/aromatic N) is 1. The van der Waals surface area contributed by atoms with Crippen LogP contribution in [0.4, 0.5) is 0 Å². The van der Waals surface area contributed by atoms with Gasteiger partial charge in [-0.1, -0.05) is 29.8 Å².